The summed E-state index contributed by atoms with van der Waals surface area (Å²) in [6, 6.07) is 24.1. The zero-order valence-electron chi connectivity index (χ0n) is 15.0. The van der Waals surface area contributed by atoms with Crippen LogP contribution in [-0.2, 0) is 4.74 Å². The van der Waals surface area contributed by atoms with E-state index in [-0.39, 0.29) is 6.04 Å². The number of hydrogen-bond donors (Lipinski definition) is 0. The maximum Gasteiger partial charge on any atom is 0.227 e. The molecule has 3 aromatic rings. The van der Waals surface area contributed by atoms with Crippen molar-refractivity contribution in [2.45, 2.75) is 19.9 Å². The Morgan fingerprint density at radius 3 is 2.12 bits per heavy atom. The van der Waals surface area contributed by atoms with E-state index in [1.54, 1.807) is 11.3 Å². The SMILES string of the molecule is CC(C)C1COC(c2sccc2P(c2ccccc2)c2ccccc2)=N1. The highest BCUT2D eigenvalue weighted by atomic mass is 32.1. The van der Waals surface area contributed by atoms with Crippen LogP contribution in [0.4, 0.5) is 0 Å². The Labute approximate surface area is 160 Å². The van der Waals surface area contributed by atoms with Gasteiger partial charge in [0, 0.05) is 5.30 Å². The third kappa shape index (κ3) is 3.47. The zero-order chi connectivity index (χ0) is 17.9. The summed E-state index contributed by atoms with van der Waals surface area (Å²) in [4.78, 5) is 6.06. The predicted octanol–water partition coefficient (Wildman–Crippen LogP) is 4.31. The van der Waals surface area contributed by atoms with Gasteiger partial charge in [-0.1, -0.05) is 74.5 Å². The van der Waals surface area contributed by atoms with Crippen LogP contribution in [0.25, 0.3) is 0 Å². The van der Waals surface area contributed by atoms with Gasteiger partial charge in [-0.25, -0.2) is 4.99 Å². The molecule has 2 aromatic carbocycles. The highest BCUT2D eigenvalue weighted by Crippen LogP contribution is 2.36. The molecule has 1 aromatic heterocycles. The van der Waals surface area contributed by atoms with E-state index >= 15 is 0 Å². The van der Waals surface area contributed by atoms with Crippen molar-refractivity contribution in [3.8, 4) is 0 Å². The van der Waals surface area contributed by atoms with E-state index < -0.39 is 7.92 Å². The first-order valence-corrected chi connectivity index (χ1v) is 11.1. The van der Waals surface area contributed by atoms with Gasteiger partial charge in [-0.2, -0.15) is 0 Å². The van der Waals surface area contributed by atoms with E-state index in [1.807, 2.05) is 0 Å². The van der Waals surface area contributed by atoms with Gasteiger partial charge in [0.1, 0.15) is 6.61 Å². The standard InChI is InChI=1S/C22H22NOPS/c1-16(2)19-15-24-22(23-19)21-20(13-14-26-21)25(17-9-5-3-6-10-17)18-11-7-4-8-12-18/h3-14,16,19H,15H2,1-2H3. The minimum atomic E-state index is -0.626. The highest BCUT2D eigenvalue weighted by molar-refractivity contribution is 7.80. The summed E-state index contributed by atoms with van der Waals surface area (Å²) in [6.07, 6.45) is 0. The molecule has 1 atom stereocenters. The van der Waals surface area contributed by atoms with Gasteiger partial charge < -0.3 is 4.74 Å². The van der Waals surface area contributed by atoms with Crippen LogP contribution in [0.15, 0.2) is 77.1 Å². The minimum absolute atomic E-state index is 0.264. The van der Waals surface area contributed by atoms with Crippen LogP contribution in [0.5, 0.6) is 0 Å². The van der Waals surface area contributed by atoms with E-state index in [1.165, 1.54) is 20.8 Å². The lowest BCUT2D eigenvalue weighted by Crippen LogP contribution is -2.23. The molecule has 132 valence electrons. The van der Waals surface area contributed by atoms with E-state index in [2.05, 4.69) is 86.0 Å². The predicted molar refractivity (Wildman–Crippen MR) is 114 cm³/mol. The van der Waals surface area contributed by atoms with Crippen LogP contribution in [-0.4, -0.2) is 18.5 Å². The molecule has 2 nitrogen and oxygen atoms in total. The average Bonchev–Trinajstić information content (AvgIpc) is 3.33. The molecule has 0 fully saturated rings. The van der Waals surface area contributed by atoms with Gasteiger partial charge in [0.05, 0.1) is 10.9 Å². The van der Waals surface area contributed by atoms with Crippen LogP contribution in [0.2, 0.25) is 0 Å². The summed E-state index contributed by atoms with van der Waals surface area (Å²) in [5.41, 5.74) is 0. The molecule has 2 heterocycles. The summed E-state index contributed by atoms with van der Waals surface area (Å²) in [5.74, 6) is 1.33. The van der Waals surface area contributed by atoms with E-state index in [0.29, 0.717) is 12.5 Å². The third-order valence-electron chi connectivity index (χ3n) is 4.55. The molecule has 0 bridgehead atoms. The Hall–Kier alpha value is -1.96. The topological polar surface area (TPSA) is 21.6 Å². The first kappa shape index (κ1) is 17.5. The van der Waals surface area contributed by atoms with E-state index in [0.717, 1.165) is 5.90 Å². The number of nitrogens with zero attached hydrogens (tertiary/aromatic N) is 1. The van der Waals surface area contributed by atoms with Crippen molar-refractivity contribution in [2.75, 3.05) is 6.61 Å². The van der Waals surface area contributed by atoms with Crippen LogP contribution < -0.4 is 15.9 Å². The van der Waals surface area contributed by atoms with Crippen LogP contribution in [0, 0.1) is 5.92 Å². The second kappa shape index (κ2) is 7.73. The second-order valence-electron chi connectivity index (χ2n) is 6.70. The second-order valence-corrected chi connectivity index (χ2v) is 9.80. The summed E-state index contributed by atoms with van der Waals surface area (Å²) in [5, 5.41) is 6.21. The van der Waals surface area contributed by atoms with Crippen LogP contribution in [0.3, 0.4) is 0 Å². The van der Waals surface area contributed by atoms with E-state index in [9.17, 15) is 0 Å². The molecule has 1 aliphatic heterocycles. The van der Waals surface area contributed by atoms with Crippen LogP contribution in [0.1, 0.15) is 18.7 Å². The minimum Gasteiger partial charge on any atom is -0.475 e. The third-order valence-corrected chi connectivity index (χ3v) is 8.09. The molecular formula is C22H22NOPS. The number of ether oxygens (including phenoxy) is 1. The van der Waals surface area contributed by atoms with Crippen molar-refractivity contribution in [3.63, 3.8) is 0 Å². The Morgan fingerprint density at radius 1 is 0.962 bits per heavy atom. The van der Waals surface area contributed by atoms with E-state index in [4.69, 9.17) is 9.73 Å². The molecule has 4 heteroatoms. The molecular weight excluding hydrogens is 357 g/mol. The monoisotopic (exact) mass is 379 g/mol. The van der Waals surface area contributed by atoms with Gasteiger partial charge in [-0.15, -0.1) is 11.3 Å². The van der Waals surface area contributed by atoms with Crippen molar-refractivity contribution in [2.24, 2.45) is 10.9 Å². The Kier molecular flexibility index (Phi) is 5.19. The largest absolute Gasteiger partial charge is 0.475 e. The van der Waals surface area contributed by atoms with Crippen molar-refractivity contribution in [3.05, 3.63) is 77.0 Å². The Morgan fingerprint density at radius 2 is 1.58 bits per heavy atom. The summed E-state index contributed by atoms with van der Waals surface area (Å²) < 4.78 is 6.00. The summed E-state index contributed by atoms with van der Waals surface area (Å²) >= 11 is 1.74. The molecule has 1 unspecified atom stereocenters. The van der Waals surface area contributed by atoms with Gasteiger partial charge in [0.25, 0.3) is 0 Å². The molecule has 0 amide bonds. The maximum absolute atomic E-state index is 6.00. The Bertz CT molecular complexity index is 849. The normalized spacial score (nSPS) is 16.8. The van der Waals surface area contributed by atoms with Crippen molar-refractivity contribution >= 4 is 41.1 Å². The molecule has 0 aliphatic carbocycles. The fourth-order valence-electron chi connectivity index (χ4n) is 3.08. The lowest BCUT2D eigenvalue weighted by molar-refractivity contribution is 0.292. The number of rotatable bonds is 5. The molecule has 0 radical (unpaired) electrons. The number of benzene rings is 2. The zero-order valence-corrected chi connectivity index (χ0v) is 16.7. The van der Waals surface area contributed by atoms with Gasteiger partial charge in [0.15, 0.2) is 0 Å². The van der Waals surface area contributed by atoms with Crippen LogP contribution >= 0.6 is 19.3 Å². The quantitative estimate of drug-likeness (QED) is 0.606. The fraction of sp³-hybridized carbons (Fsp3) is 0.227. The summed E-state index contributed by atoms with van der Waals surface area (Å²) in [6.45, 7) is 5.10. The fourth-order valence-corrected chi connectivity index (χ4v) is 6.67. The smallest absolute Gasteiger partial charge is 0.227 e. The molecule has 1 aliphatic rings. The average molecular weight is 379 g/mol. The molecule has 4 rings (SSSR count). The maximum atomic E-state index is 6.00. The van der Waals surface area contributed by atoms with Gasteiger partial charge in [0.2, 0.25) is 5.90 Å². The van der Waals surface area contributed by atoms with Gasteiger partial charge in [-0.05, 0) is 35.9 Å². The molecule has 0 N–H and O–H groups in total. The molecule has 26 heavy (non-hydrogen) atoms. The van der Waals surface area contributed by atoms with Crippen molar-refractivity contribution < 1.29 is 4.74 Å². The lowest BCUT2D eigenvalue weighted by Gasteiger charge is -2.19. The van der Waals surface area contributed by atoms with Gasteiger partial charge >= 0.3 is 0 Å². The number of thiophene rings is 1. The first-order chi connectivity index (χ1) is 12.7. The molecule has 0 saturated heterocycles. The summed E-state index contributed by atoms with van der Waals surface area (Å²) in [7, 11) is -0.626. The molecule has 0 saturated carbocycles. The first-order valence-electron chi connectivity index (χ1n) is 8.92. The number of hydrogen-bond acceptors (Lipinski definition) is 3. The lowest BCUT2D eigenvalue weighted by atomic mass is 10.1. The van der Waals surface area contributed by atoms with Crippen molar-refractivity contribution in [1.29, 1.82) is 0 Å². The van der Waals surface area contributed by atoms with Crippen molar-refractivity contribution in [1.82, 2.24) is 0 Å². The number of aliphatic imine (C=N–C) groups is 1. The van der Waals surface area contributed by atoms with Gasteiger partial charge in [-0.3, -0.25) is 0 Å². The molecule has 0 spiro atoms. The highest BCUT2D eigenvalue weighted by Gasteiger charge is 2.28. The Balaban J connectivity index is 1.79.